The predicted octanol–water partition coefficient (Wildman–Crippen LogP) is 6.45. The minimum absolute atomic E-state index is 0.312. The van der Waals surface area contributed by atoms with Crippen molar-refractivity contribution in [1.29, 1.82) is 0 Å². The summed E-state index contributed by atoms with van der Waals surface area (Å²) in [6.07, 6.45) is 0. The number of nitrogens with zero attached hydrogens (tertiary/aromatic N) is 4. The lowest BCUT2D eigenvalue weighted by molar-refractivity contribution is 0.841. The van der Waals surface area contributed by atoms with E-state index in [2.05, 4.69) is 0 Å². The normalized spacial score (nSPS) is 11.7. The highest BCUT2D eigenvalue weighted by atomic mass is 16.2. The van der Waals surface area contributed by atoms with Gasteiger partial charge in [-0.1, -0.05) is 91.0 Å². The van der Waals surface area contributed by atoms with E-state index in [0.717, 1.165) is 44.7 Å². The van der Waals surface area contributed by atoms with Gasteiger partial charge in [0, 0.05) is 11.1 Å². The molecule has 6 heteroatoms. The molecule has 0 aliphatic carbocycles. The topological polar surface area (TPSA) is 68.7 Å². The first-order chi connectivity index (χ1) is 19.7. The van der Waals surface area contributed by atoms with Crippen LogP contribution in [0.2, 0.25) is 0 Å². The Morgan fingerprint density at radius 2 is 1.10 bits per heavy atom. The lowest BCUT2D eigenvalue weighted by Crippen LogP contribution is -2.21. The Kier molecular flexibility index (Phi) is 4.72. The number of rotatable bonds is 3. The van der Waals surface area contributed by atoms with Crippen molar-refractivity contribution in [3.63, 3.8) is 0 Å². The maximum Gasteiger partial charge on any atom is 0.283 e. The van der Waals surface area contributed by atoms with Crippen molar-refractivity contribution in [3.8, 4) is 33.6 Å². The van der Waals surface area contributed by atoms with Gasteiger partial charge in [-0.25, -0.2) is 14.5 Å². The van der Waals surface area contributed by atoms with E-state index in [9.17, 15) is 9.59 Å². The van der Waals surface area contributed by atoms with Crippen LogP contribution in [0, 0.1) is 0 Å². The lowest BCUT2D eigenvalue weighted by atomic mass is 10.00. The van der Waals surface area contributed by atoms with Gasteiger partial charge < -0.3 is 0 Å². The number of fused-ring (bicyclic) bond motifs is 6. The first kappa shape index (κ1) is 22.4. The molecule has 0 fully saturated rings. The number of para-hydroxylation sites is 1. The molecule has 8 rings (SSSR count). The van der Waals surface area contributed by atoms with E-state index in [1.54, 1.807) is 10.6 Å². The molecule has 3 heterocycles. The molecule has 0 spiro atoms. The highest BCUT2D eigenvalue weighted by Crippen LogP contribution is 2.34. The van der Waals surface area contributed by atoms with Gasteiger partial charge in [0.2, 0.25) is 0 Å². The summed E-state index contributed by atoms with van der Waals surface area (Å²) in [7, 11) is 0. The molecule has 0 amide bonds. The molecule has 3 aromatic heterocycles. The summed E-state index contributed by atoms with van der Waals surface area (Å²) in [6.45, 7) is 0. The summed E-state index contributed by atoms with van der Waals surface area (Å²) in [5, 5.41) is 1.03. The van der Waals surface area contributed by atoms with Gasteiger partial charge in [0.25, 0.3) is 11.1 Å². The summed E-state index contributed by atoms with van der Waals surface area (Å²) >= 11 is 0. The molecule has 6 nitrogen and oxygen atoms in total. The Hall–Kier alpha value is -5.62. The van der Waals surface area contributed by atoms with E-state index in [1.807, 2.05) is 115 Å². The van der Waals surface area contributed by atoms with Crippen LogP contribution in [0.4, 0.5) is 0 Å². The molecule has 0 bridgehead atoms. The number of benzene rings is 5. The minimum Gasteiger partial charge on any atom is -0.267 e. The second-order valence-electron chi connectivity index (χ2n) is 9.81. The van der Waals surface area contributed by atoms with Crippen molar-refractivity contribution in [2.75, 3.05) is 0 Å². The first-order valence-electron chi connectivity index (χ1n) is 13.0. The Labute approximate surface area is 227 Å². The number of hydrogen-bond donors (Lipinski definition) is 0. The van der Waals surface area contributed by atoms with E-state index < -0.39 is 0 Å². The largest absolute Gasteiger partial charge is 0.283 e. The fraction of sp³-hybridized carbons (Fsp3) is 0. The van der Waals surface area contributed by atoms with Crippen LogP contribution < -0.4 is 11.1 Å². The van der Waals surface area contributed by atoms with Gasteiger partial charge in [-0.15, -0.1) is 0 Å². The average molecular weight is 517 g/mol. The van der Waals surface area contributed by atoms with Crippen molar-refractivity contribution in [2.24, 2.45) is 0 Å². The standard InChI is InChI=1S/C34H20N4O2/c39-33-25-14-7-8-16-28(25)37-29-17-9-15-24(30(29)34(40)38(33)37)23-18-19-26-27(20-23)36-32(22-12-5-2-6-13-22)31(35-26)21-10-3-1-4-11-21/h1-20H. The third-order valence-corrected chi connectivity index (χ3v) is 7.50. The van der Waals surface area contributed by atoms with Crippen LogP contribution in [0.15, 0.2) is 131 Å². The fourth-order valence-corrected chi connectivity index (χ4v) is 5.68. The zero-order chi connectivity index (χ0) is 26.8. The molecular weight excluding hydrogens is 496 g/mol. The van der Waals surface area contributed by atoms with E-state index in [-0.39, 0.29) is 11.1 Å². The lowest BCUT2D eigenvalue weighted by Gasteiger charge is -2.12. The third kappa shape index (κ3) is 3.16. The first-order valence-corrected chi connectivity index (χ1v) is 13.0. The second kappa shape index (κ2) is 8.44. The molecule has 0 saturated carbocycles. The van der Waals surface area contributed by atoms with Crippen LogP contribution in [-0.4, -0.2) is 19.0 Å². The molecule has 40 heavy (non-hydrogen) atoms. The molecule has 5 aromatic carbocycles. The molecule has 0 atom stereocenters. The van der Waals surface area contributed by atoms with Crippen molar-refractivity contribution in [2.45, 2.75) is 0 Å². The van der Waals surface area contributed by atoms with Crippen LogP contribution in [0.5, 0.6) is 0 Å². The van der Waals surface area contributed by atoms with Gasteiger partial charge in [-0.3, -0.25) is 9.59 Å². The van der Waals surface area contributed by atoms with Gasteiger partial charge in [0.1, 0.15) is 0 Å². The summed E-state index contributed by atoms with van der Waals surface area (Å²) in [6, 6.07) is 39.0. The van der Waals surface area contributed by atoms with Gasteiger partial charge in [0.15, 0.2) is 0 Å². The van der Waals surface area contributed by atoms with Crippen molar-refractivity contribution in [3.05, 3.63) is 142 Å². The highest BCUT2D eigenvalue weighted by molar-refractivity contribution is 5.99. The van der Waals surface area contributed by atoms with Crippen LogP contribution in [0.1, 0.15) is 0 Å². The Morgan fingerprint density at radius 3 is 1.82 bits per heavy atom. The molecule has 0 unspecified atom stereocenters. The van der Waals surface area contributed by atoms with Gasteiger partial charge >= 0.3 is 0 Å². The van der Waals surface area contributed by atoms with Gasteiger partial charge in [-0.2, -0.15) is 4.52 Å². The van der Waals surface area contributed by atoms with E-state index in [0.29, 0.717) is 21.8 Å². The van der Waals surface area contributed by atoms with Crippen LogP contribution in [-0.2, 0) is 0 Å². The summed E-state index contributed by atoms with van der Waals surface area (Å²) in [4.78, 5) is 37.0. The SMILES string of the molecule is O=c1c2ccccc2n2c3cccc(-c4ccc5nc(-c6ccccc6)c(-c6ccccc6)nc5c4)c3c(=O)n12. The number of hydrogen-bond acceptors (Lipinski definition) is 4. The van der Waals surface area contributed by atoms with Crippen LogP contribution in [0.25, 0.3) is 66.5 Å². The summed E-state index contributed by atoms with van der Waals surface area (Å²) in [5.74, 6) is 0. The predicted molar refractivity (Wildman–Crippen MR) is 159 cm³/mol. The minimum atomic E-state index is -0.331. The zero-order valence-electron chi connectivity index (χ0n) is 21.2. The van der Waals surface area contributed by atoms with Crippen LogP contribution >= 0.6 is 0 Å². The zero-order valence-corrected chi connectivity index (χ0v) is 21.2. The monoisotopic (exact) mass is 516 g/mol. The molecule has 188 valence electrons. The summed E-state index contributed by atoms with van der Waals surface area (Å²) < 4.78 is 2.96. The maximum atomic E-state index is 13.7. The van der Waals surface area contributed by atoms with E-state index in [4.69, 9.17) is 9.97 Å². The van der Waals surface area contributed by atoms with Crippen molar-refractivity contribution < 1.29 is 0 Å². The third-order valence-electron chi connectivity index (χ3n) is 7.50. The van der Waals surface area contributed by atoms with Gasteiger partial charge in [-0.05, 0) is 41.5 Å². The van der Waals surface area contributed by atoms with Gasteiger partial charge in [0.05, 0.1) is 44.2 Å². The highest BCUT2D eigenvalue weighted by Gasteiger charge is 2.20. The molecule has 0 saturated heterocycles. The molecule has 0 aliphatic heterocycles. The molecule has 0 radical (unpaired) electrons. The Morgan fingerprint density at radius 1 is 0.475 bits per heavy atom. The quantitative estimate of drug-likeness (QED) is 0.271. The number of aromatic nitrogens is 4. The molecule has 0 aliphatic rings. The van der Waals surface area contributed by atoms with Crippen molar-refractivity contribution >= 4 is 32.8 Å². The Balaban J connectivity index is 1.39. The fourth-order valence-electron chi connectivity index (χ4n) is 5.68. The summed E-state index contributed by atoms with van der Waals surface area (Å²) in [5.41, 5.74) is 7.40. The second-order valence-corrected chi connectivity index (χ2v) is 9.81. The maximum absolute atomic E-state index is 13.7. The molecule has 8 aromatic rings. The smallest absolute Gasteiger partial charge is 0.267 e. The Bertz CT molecular complexity index is 2360. The average Bonchev–Trinajstić information content (AvgIpc) is 3.49. The van der Waals surface area contributed by atoms with E-state index >= 15 is 0 Å². The van der Waals surface area contributed by atoms with E-state index in [1.165, 1.54) is 4.52 Å². The molecule has 0 N–H and O–H groups in total. The van der Waals surface area contributed by atoms with Crippen molar-refractivity contribution in [1.82, 2.24) is 19.0 Å². The molecular formula is C34H20N4O2. The van der Waals surface area contributed by atoms with Crippen LogP contribution in [0.3, 0.4) is 0 Å².